The number of benzene rings is 1. The van der Waals surface area contributed by atoms with E-state index in [1.807, 2.05) is 18.3 Å². The monoisotopic (exact) mass is 272 g/mol. The van der Waals surface area contributed by atoms with E-state index in [4.69, 9.17) is 11.6 Å². The van der Waals surface area contributed by atoms with Gasteiger partial charge in [0.25, 0.3) is 0 Å². The first kappa shape index (κ1) is 12.7. The van der Waals surface area contributed by atoms with Crippen molar-refractivity contribution < 1.29 is 13.5 Å². The van der Waals surface area contributed by atoms with E-state index >= 15 is 0 Å². The Labute approximate surface area is 108 Å². The summed E-state index contributed by atoms with van der Waals surface area (Å²) in [4.78, 5) is 3.04. The van der Waals surface area contributed by atoms with Crippen LogP contribution in [-0.2, 0) is 6.54 Å². The quantitative estimate of drug-likeness (QED) is 0.867. The van der Waals surface area contributed by atoms with Gasteiger partial charge in [0.1, 0.15) is 5.75 Å². The first-order chi connectivity index (χ1) is 8.65. The summed E-state index contributed by atoms with van der Waals surface area (Å²) in [6, 6.07) is 8.41. The van der Waals surface area contributed by atoms with Crippen LogP contribution in [0.1, 0.15) is 5.69 Å². The van der Waals surface area contributed by atoms with Crippen molar-refractivity contribution in [2.75, 3.05) is 5.32 Å². The van der Waals surface area contributed by atoms with Crippen LogP contribution in [0.3, 0.4) is 0 Å². The summed E-state index contributed by atoms with van der Waals surface area (Å²) in [7, 11) is 0. The van der Waals surface area contributed by atoms with Crippen LogP contribution in [0.25, 0.3) is 0 Å². The van der Waals surface area contributed by atoms with E-state index in [0.717, 1.165) is 11.4 Å². The lowest BCUT2D eigenvalue weighted by Crippen LogP contribution is -2.03. The number of nitrogens with one attached hydrogen (secondary N) is 2. The Bertz CT molecular complexity index is 503. The second-order valence-corrected chi connectivity index (χ2v) is 3.98. The molecule has 0 saturated heterocycles. The number of aromatic amines is 1. The molecule has 0 radical (unpaired) electrons. The second-order valence-electron chi connectivity index (χ2n) is 3.57. The molecule has 0 aliphatic rings. The number of ether oxygens (including phenoxy) is 1. The van der Waals surface area contributed by atoms with Gasteiger partial charge in [-0.25, -0.2) is 0 Å². The lowest BCUT2D eigenvalue weighted by atomic mass is 10.3. The van der Waals surface area contributed by atoms with Gasteiger partial charge in [-0.3, -0.25) is 0 Å². The third-order valence-corrected chi connectivity index (χ3v) is 2.59. The molecule has 0 bridgehead atoms. The largest absolute Gasteiger partial charge is 0.433 e. The smallest absolute Gasteiger partial charge is 0.387 e. The molecule has 18 heavy (non-hydrogen) atoms. The molecule has 6 heteroatoms. The van der Waals surface area contributed by atoms with Gasteiger partial charge < -0.3 is 15.0 Å². The van der Waals surface area contributed by atoms with Gasteiger partial charge in [0, 0.05) is 17.6 Å². The van der Waals surface area contributed by atoms with Crippen molar-refractivity contribution >= 4 is 17.3 Å². The summed E-state index contributed by atoms with van der Waals surface area (Å²) in [5, 5.41) is 3.25. The Morgan fingerprint density at radius 3 is 2.78 bits per heavy atom. The maximum atomic E-state index is 12.0. The van der Waals surface area contributed by atoms with E-state index in [2.05, 4.69) is 15.0 Å². The highest BCUT2D eigenvalue weighted by Gasteiger charge is 2.08. The zero-order chi connectivity index (χ0) is 13.0. The molecule has 0 aliphatic heterocycles. The fraction of sp³-hybridized carbons (Fsp3) is 0.167. The Hall–Kier alpha value is -1.75. The first-order valence-corrected chi connectivity index (χ1v) is 5.63. The van der Waals surface area contributed by atoms with Crippen molar-refractivity contribution in [3.05, 3.63) is 47.2 Å². The minimum absolute atomic E-state index is 0.0305. The third kappa shape index (κ3) is 3.37. The van der Waals surface area contributed by atoms with Gasteiger partial charge in [0.2, 0.25) is 0 Å². The Balaban J connectivity index is 2.00. The number of rotatable bonds is 5. The fourth-order valence-electron chi connectivity index (χ4n) is 1.48. The zero-order valence-electron chi connectivity index (χ0n) is 9.29. The summed E-state index contributed by atoms with van der Waals surface area (Å²) in [5.74, 6) is -0.0305. The normalized spacial score (nSPS) is 10.7. The Morgan fingerprint density at radius 2 is 2.17 bits per heavy atom. The lowest BCUT2D eigenvalue weighted by Gasteiger charge is -2.09. The van der Waals surface area contributed by atoms with E-state index in [1.165, 1.54) is 6.07 Å². The first-order valence-electron chi connectivity index (χ1n) is 5.25. The number of hydrogen-bond acceptors (Lipinski definition) is 2. The van der Waals surface area contributed by atoms with Crippen LogP contribution in [-0.4, -0.2) is 11.6 Å². The van der Waals surface area contributed by atoms with Gasteiger partial charge in [-0.2, -0.15) is 8.78 Å². The highest BCUT2D eigenvalue weighted by Crippen LogP contribution is 2.29. The fourth-order valence-corrected chi connectivity index (χ4v) is 1.70. The molecule has 0 atom stereocenters. The topological polar surface area (TPSA) is 37.0 Å². The predicted molar refractivity (Wildman–Crippen MR) is 66.2 cm³/mol. The van der Waals surface area contributed by atoms with Crippen LogP contribution in [0.4, 0.5) is 14.5 Å². The second kappa shape index (κ2) is 5.73. The van der Waals surface area contributed by atoms with Crippen LogP contribution < -0.4 is 10.1 Å². The minimum atomic E-state index is -2.87. The van der Waals surface area contributed by atoms with E-state index in [9.17, 15) is 8.78 Å². The van der Waals surface area contributed by atoms with Crippen LogP contribution in [0.2, 0.25) is 5.02 Å². The number of H-pyrrole nitrogens is 1. The standard InChI is InChI=1S/C12H11ClF2N2O/c13-10-6-8(3-4-11(10)18-12(14)15)17-7-9-2-1-5-16-9/h1-6,12,16-17H,7H2. The van der Waals surface area contributed by atoms with Crippen molar-refractivity contribution in [1.82, 2.24) is 4.98 Å². The van der Waals surface area contributed by atoms with Crippen LogP contribution in [0.5, 0.6) is 5.75 Å². The van der Waals surface area contributed by atoms with Crippen molar-refractivity contribution in [1.29, 1.82) is 0 Å². The predicted octanol–water partition coefficient (Wildman–Crippen LogP) is 3.88. The molecule has 96 valence electrons. The van der Waals surface area contributed by atoms with Crippen molar-refractivity contribution in [3.63, 3.8) is 0 Å². The molecule has 2 N–H and O–H groups in total. The molecule has 3 nitrogen and oxygen atoms in total. The highest BCUT2D eigenvalue weighted by molar-refractivity contribution is 6.32. The summed E-state index contributed by atoms with van der Waals surface area (Å²) in [6.45, 7) is -2.28. The van der Waals surface area contributed by atoms with E-state index in [0.29, 0.717) is 6.54 Å². The van der Waals surface area contributed by atoms with Crippen LogP contribution in [0, 0.1) is 0 Å². The van der Waals surface area contributed by atoms with Crippen molar-refractivity contribution in [2.24, 2.45) is 0 Å². The molecule has 0 fully saturated rings. The third-order valence-electron chi connectivity index (χ3n) is 2.29. The van der Waals surface area contributed by atoms with E-state index < -0.39 is 6.61 Å². The molecule has 0 saturated carbocycles. The van der Waals surface area contributed by atoms with Crippen molar-refractivity contribution in [2.45, 2.75) is 13.2 Å². The van der Waals surface area contributed by atoms with E-state index in [1.54, 1.807) is 12.1 Å². The average Bonchev–Trinajstić information content (AvgIpc) is 2.82. The molecule has 2 aromatic rings. The molecule has 0 spiro atoms. The Morgan fingerprint density at radius 1 is 1.33 bits per heavy atom. The molecule has 1 aromatic heterocycles. The van der Waals surface area contributed by atoms with Gasteiger partial charge >= 0.3 is 6.61 Å². The summed E-state index contributed by atoms with van der Waals surface area (Å²) in [5.41, 5.74) is 1.75. The number of aromatic nitrogens is 1. The molecule has 0 aliphatic carbocycles. The number of anilines is 1. The maximum absolute atomic E-state index is 12.0. The van der Waals surface area contributed by atoms with Gasteiger partial charge in [0.15, 0.2) is 0 Å². The molecule has 0 unspecified atom stereocenters. The SMILES string of the molecule is FC(F)Oc1ccc(NCc2ccc[nH]2)cc1Cl. The molecule has 1 heterocycles. The van der Waals surface area contributed by atoms with E-state index in [-0.39, 0.29) is 10.8 Å². The molecule has 2 rings (SSSR count). The number of halogens is 3. The number of hydrogen-bond donors (Lipinski definition) is 2. The molecular weight excluding hydrogens is 262 g/mol. The van der Waals surface area contributed by atoms with Gasteiger partial charge in [-0.05, 0) is 30.3 Å². The Kier molecular flexibility index (Phi) is 4.04. The molecule has 1 aromatic carbocycles. The zero-order valence-corrected chi connectivity index (χ0v) is 10.0. The lowest BCUT2D eigenvalue weighted by molar-refractivity contribution is -0.0497. The average molecular weight is 273 g/mol. The summed E-state index contributed by atoms with van der Waals surface area (Å²) in [6.07, 6.45) is 1.82. The molecule has 0 amide bonds. The van der Waals surface area contributed by atoms with Crippen molar-refractivity contribution in [3.8, 4) is 5.75 Å². The highest BCUT2D eigenvalue weighted by atomic mass is 35.5. The van der Waals surface area contributed by atoms with Crippen LogP contribution in [0.15, 0.2) is 36.5 Å². The number of alkyl halides is 2. The maximum Gasteiger partial charge on any atom is 0.387 e. The van der Waals surface area contributed by atoms with Crippen LogP contribution >= 0.6 is 11.6 Å². The molecular formula is C12H11ClF2N2O. The van der Waals surface area contributed by atoms with Gasteiger partial charge in [-0.1, -0.05) is 11.6 Å². The summed E-state index contributed by atoms with van der Waals surface area (Å²) < 4.78 is 28.3. The van der Waals surface area contributed by atoms with Gasteiger partial charge in [-0.15, -0.1) is 0 Å². The minimum Gasteiger partial charge on any atom is -0.433 e. The summed E-state index contributed by atoms with van der Waals surface area (Å²) >= 11 is 5.83. The van der Waals surface area contributed by atoms with Gasteiger partial charge in [0.05, 0.1) is 11.6 Å².